The second-order valence-corrected chi connectivity index (χ2v) is 9.06. The van der Waals surface area contributed by atoms with E-state index in [1.165, 1.54) is 36.0 Å². The Morgan fingerprint density at radius 1 is 0.964 bits per heavy atom. The molecule has 1 heterocycles. The molecular formula is C25H34N2O. The second kappa shape index (κ2) is 8.91. The Hall–Kier alpha value is -2.13. The molecule has 1 aliphatic heterocycles. The molecule has 1 fully saturated rings. The van der Waals surface area contributed by atoms with Crippen molar-refractivity contribution in [2.24, 2.45) is 0 Å². The molecule has 1 unspecified atom stereocenters. The number of nitrogens with one attached hydrogen (secondary N) is 1. The Kier molecular flexibility index (Phi) is 6.56. The van der Waals surface area contributed by atoms with Gasteiger partial charge in [0.15, 0.2) is 0 Å². The summed E-state index contributed by atoms with van der Waals surface area (Å²) in [5.74, 6) is 0.00770. The van der Waals surface area contributed by atoms with Crippen LogP contribution in [-0.2, 0) is 5.41 Å². The van der Waals surface area contributed by atoms with Crippen LogP contribution in [0, 0.1) is 6.92 Å². The van der Waals surface area contributed by atoms with Crippen molar-refractivity contribution < 1.29 is 4.79 Å². The Morgan fingerprint density at radius 2 is 1.57 bits per heavy atom. The third-order valence-corrected chi connectivity index (χ3v) is 5.76. The van der Waals surface area contributed by atoms with E-state index in [0.29, 0.717) is 6.54 Å². The van der Waals surface area contributed by atoms with Crippen LogP contribution in [0.1, 0.15) is 73.1 Å². The van der Waals surface area contributed by atoms with Crippen LogP contribution >= 0.6 is 0 Å². The van der Waals surface area contributed by atoms with Crippen molar-refractivity contribution in [2.45, 2.75) is 58.4 Å². The van der Waals surface area contributed by atoms with Gasteiger partial charge in [-0.15, -0.1) is 0 Å². The van der Waals surface area contributed by atoms with E-state index in [0.717, 1.165) is 18.7 Å². The number of nitrogens with zero attached hydrogens (tertiary/aromatic N) is 1. The monoisotopic (exact) mass is 378 g/mol. The van der Waals surface area contributed by atoms with Gasteiger partial charge in [-0.1, -0.05) is 69.2 Å². The molecule has 1 saturated heterocycles. The number of likely N-dealkylation sites (tertiary alicyclic amines) is 1. The summed E-state index contributed by atoms with van der Waals surface area (Å²) >= 11 is 0. The quantitative estimate of drug-likeness (QED) is 0.771. The zero-order valence-electron chi connectivity index (χ0n) is 17.8. The van der Waals surface area contributed by atoms with Crippen LogP contribution in [0.3, 0.4) is 0 Å². The van der Waals surface area contributed by atoms with Crippen LogP contribution in [0.4, 0.5) is 0 Å². The third kappa shape index (κ3) is 5.23. The van der Waals surface area contributed by atoms with E-state index in [9.17, 15) is 4.79 Å². The van der Waals surface area contributed by atoms with Gasteiger partial charge >= 0.3 is 0 Å². The third-order valence-electron chi connectivity index (χ3n) is 5.76. The zero-order valence-corrected chi connectivity index (χ0v) is 17.8. The first-order valence-corrected chi connectivity index (χ1v) is 10.5. The van der Waals surface area contributed by atoms with E-state index >= 15 is 0 Å². The number of amides is 1. The lowest BCUT2D eigenvalue weighted by molar-refractivity contribution is 0.0924. The van der Waals surface area contributed by atoms with Crippen molar-refractivity contribution in [3.8, 4) is 0 Å². The second-order valence-electron chi connectivity index (χ2n) is 9.06. The predicted molar refractivity (Wildman–Crippen MR) is 117 cm³/mol. The topological polar surface area (TPSA) is 32.3 Å². The van der Waals surface area contributed by atoms with E-state index in [1.54, 1.807) is 0 Å². The minimum Gasteiger partial charge on any atom is -0.350 e. The van der Waals surface area contributed by atoms with Gasteiger partial charge < -0.3 is 5.32 Å². The average Bonchev–Trinajstić information content (AvgIpc) is 2.69. The highest BCUT2D eigenvalue weighted by molar-refractivity contribution is 5.94. The normalized spacial score (nSPS) is 16.6. The van der Waals surface area contributed by atoms with Crippen LogP contribution in [0.5, 0.6) is 0 Å². The first-order chi connectivity index (χ1) is 13.3. The molecule has 0 aliphatic carbocycles. The van der Waals surface area contributed by atoms with Crippen molar-refractivity contribution in [1.82, 2.24) is 10.2 Å². The van der Waals surface area contributed by atoms with Gasteiger partial charge in [-0.05, 0) is 61.5 Å². The molecule has 0 radical (unpaired) electrons. The van der Waals surface area contributed by atoms with E-state index in [2.05, 4.69) is 55.3 Å². The highest BCUT2D eigenvalue weighted by Gasteiger charge is 2.24. The summed E-state index contributed by atoms with van der Waals surface area (Å²) < 4.78 is 0. The number of benzene rings is 2. The molecule has 1 N–H and O–H groups in total. The van der Waals surface area contributed by atoms with Crippen molar-refractivity contribution in [2.75, 3.05) is 19.6 Å². The van der Waals surface area contributed by atoms with Gasteiger partial charge in [0.05, 0.1) is 6.04 Å². The molecule has 0 saturated carbocycles. The lowest BCUT2D eigenvalue weighted by Gasteiger charge is -2.35. The van der Waals surface area contributed by atoms with Crippen molar-refractivity contribution >= 4 is 5.91 Å². The molecule has 1 aliphatic rings. The molecule has 150 valence electrons. The largest absolute Gasteiger partial charge is 0.350 e. The van der Waals surface area contributed by atoms with Crippen LogP contribution in [0.25, 0.3) is 0 Å². The van der Waals surface area contributed by atoms with Crippen molar-refractivity contribution in [3.63, 3.8) is 0 Å². The first kappa shape index (κ1) is 20.6. The molecule has 3 heteroatoms. The molecular weight excluding hydrogens is 344 g/mol. The van der Waals surface area contributed by atoms with Crippen LogP contribution in [-0.4, -0.2) is 30.4 Å². The van der Waals surface area contributed by atoms with Crippen molar-refractivity contribution in [3.05, 3.63) is 70.8 Å². The molecule has 0 spiro atoms. The van der Waals surface area contributed by atoms with E-state index in [1.807, 2.05) is 31.2 Å². The maximum Gasteiger partial charge on any atom is 0.251 e. The Morgan fingerprint density at radius 3 is 2.14 bits per heavy atom. The lowest BCUT2D eigenvalue weighted by Crippen LogP contribution is -2.40. The molecule has 0 bridgehead atoms. The summed E-state index contributed by atoms with van der Waals surface area (Å²) in [4.78, 5) is 15.2. The first-order valence-electron chi connectivity index (χ1n) is 10.5. The highest BCUT2D eigenvalue weighted by atomic mass is 16.1. The summed E-state index contributed by atoms with van der Waals surface area (Å²) in [5, 5.41) is 3.18. The van der Waals surface area contributed by atoms with Crippen LogP contribution in [0.15, 0.2) is 48.5 Å². The highest BCUT2D eigenvalue weighted by Crippen LogP contribution is 2.28. The molecule has 1 atom stereocenters. The van der Waals surface area contributed by atoms with Gasteiger partial charge in [0.25, 0.3) is 5.91 Å². The minimum absolute atomic E-state index is 0.00770. The molecule has 2 aromatic carbocycles. The zero-order chi connectivity index (χ0) is 20.1. The Labute approximate surface area is 170 Å². The molecule has 3 nitrogen and oxygen atoms in total. The fourth-order valence-electron chi connectivity index (χ4n) is 3.89. The molecule has 2 aromatic rings. The number of hydrogen-bond donors (Lipinski definition) is 1. The maximum atomic E-state index is 12.6. The van der Waals surface area contributed by atoms with Gasteiger partial charge in [0.1, 0.15) is 0 Å². The number of carbonyl (C=O) groups excluding carboxylic acids is 1. The van der Waals surface area contributed by atoms with E-state index in [4.69, 9.17) is 0 Å². The standard InChI is InChI=1S/C25H34N2O/c1-19-8-10-21(11-9-19)24(28)26-18-23(27-16-6-5-7-17-27)20-12-14-22(15-13-20)25(2,3)4/h8-15,23H,5-7,16-18H2,1-4H3,(H,26,28). The van der Waals surface area contributed by atoms with Gasteiger partial charge in [0.2, 0.25) is 0 Å². The summed E-state index contributed by atoms with van der Waals surface area (Å²) in [7, 11) is 0. The summed E-state index contributed by atoms with van der Waals surface area (Å²) in [6.07, 6.45) is 3.78. The molecule has 3 rings (SSSR count). The van der Waals surface area contributed by atoms with Gasteiger partial charge in [-0.3, -0.25) is 9.69 Å². The maximum absolute atomic E-state index is 12.6. The van der Waals surface area contributed by atoms with Crippen LogP contribution < -0.4 is 5.32 Å². The summed E-state index contributed by atoms with van der Waals surface area (Å²) in [5.41, 5.74) is 4.68. The number of piperidine rings is 1. The van der Waals surface area contributed by atoms with E-state index < -0.39 is 0 Å². The summed E-state index contributed by atoms with van der Waals surface area (Å²) in [6, 6.07) is 17.0. The van der Waals surface area contributed by atoms with Crippen molar-refractivity contribution in [1.29, 1.82) is 0 Å². The number of carbonyl (C=O) groups is 1. The SMILES string of the molecule is Cc1ccc(C(=O)NCC(c2ccc(C(C)(C)C)cc2)N2CCCCC2)cc1. The number of rotatable bonds is 5. The minimum atomic E-state index is 0.00770. The Balaban J connectivity index is 1.75. The Bertz CT molecular complexity index is 766. The lowest BCUT2D eigenvalue weighted by atomic mass is 9.86. The smallest absolute Gasteiger partial charge is 0.251 e. The van der Waals surface area contributed by atoms with Gasteiger partial charge in [0, 0.05) is 12.1 Å². The molecule has 1 amide bonds. The number of hydrogen-bond acceptors (Lipinski definition) is 2. The number of aryl methyl sites for hydroxylation is 1. The van der Waals surface area contributed by atoms with Gasteiger partial charge in [-0.2, -0.15) is 0 Å². The summed E-state index contributed by atoms with van der Waals surface area (Å²) in [6.45, 7) is 11.6. The fraction of sp³-hybridized carbons (Fsp3) is 0.480. The fourth-order valence-corrected chi connectivity index (χ4v) is 3.89. The predicted octanol–water partition coefficient (Wildman–Crippen LogP) is 5.25. The molecule has 28 heavy (non-hydrogen) atoms. The van der Waals surface area contributed by atoms with E-state index in [-0.39, 0.29) is 17.4 Å². The molecule has 0 aromatic heterocycles. The van der Waals surface area contributed by atoms with Gasteiger partial charge in [-0.25, -0.2) is 0 Å². The van der Waals surface area contributed by atoms with Crippen LogP contribution in [0.2, 0.25) is 0 Å². The average molecular weight is 379 g/mol.